The lowest BCUT2D eigenvalue weighted by Gasteiger charge is -2.33. The van der Waals surface area contributed by atoms with Gasteiger partial charge in [-0.05, 0) is 25.8 Å². The number of likely N-dealkylation sites (N-methyl/N-ethyl adjacent to an activating group) is 1. The molecule has 5 rings (SSSR count). The molecular weight excluding hydrogens is 389 g/mol. The molecule has 0 spiro atoms. The molecule has 3 amide bonds. The zero-order valence-electron chi connectivity index (χ0n) is 16.9. The molecule has 9 heteroatoms. The van der Waals surface area contributed by atoms with Crippen LogP contribution in [0.15, 0.2) is 35.5 Å². The highest BCUT2D eigenvalue weighted by Gasteiger charge is 2.53. The van der Waals surface area contributed by atoms with Gasteiger partial charge in [-0.1, -0.05) is 23.2 Å². The van der Waals surface area contributed by atoms with Crippen LogP contribution in [-0.4, -0.2) is 51.9 Å². The normalized spacial score (nSPS) is 23.1. The van der Waals surface area contributed by atoms with E-state index in [9.17, 15) is 14.0 Å². The highest BCUT2D eigenvalue weighted by Crippen LogP contribution is 2.31. The quantitative estimate of drug-likeness (QED) is 0.722. The molecule has 2 unspecified atom stereocenters. The van der Waals surface area contributed by atoms with Gasteiger partial charge in [0.25, 0.3) is 5.91 Å². The smallest absolute Gasteiger partial charge is 0.375 e. The highest BCUT2D eigenvalue weighted by molar-refractivity contribution is 6.19. The lowest BCUT2D eigenvalue weighted by Crippen LogP contribution is -2.62. The van der Waals surface area contributed by atoms with Crippen LogP contribution < -0.4 is 4.57 Å². The van der Waals surface area contributed by atoms with Gasteiger partial charge in [0.15, 0.2) is 0 Å². The number of hydrogen-bond acceptors (Lipinski definition) is 4. The molecule has 1 aromatic carbocycles. The van der Waals surface area contributed by atoms with Crippen molar-refractivity contribution in [2.45, 2.75) is 45.0 Å². The molecule has 0 bridgehead atoms. The Kier molecular flexibility index (Phi) is 4.43. The van der Waals surface area contributed by atoms with E-state index in [4.69, 9.17) is 4.74 Å². The summed E-state index contributed by atoms with van der Waals surface area (Å²) < 4.78 is 23.7. The van der Waals surface area contributed by atoms with Gasteiger partial charge in [-0.3, -0.25) is 14.6 Å². The minimum absolute atomic E-state index is 0.121. The molecule has 3 aliphatic rings. The van der Waals surface area contributed by atoms with E-state index in [1.807, 2.05) is 17.7 Å². The SMILES string of the molecule is Cc1c[n+]2c(n1CC1CCCO1)N=C1C2C(=O)N(Cc2ccccc2F)C(=O)N1C. The fourth-order valence-electron chi connectivity index (χ4n) is 4.39. The van der Waals surface area contributed by atoms with E-state index < -0.39 is 23.8 Å². The summed E-state index contributed by atoms with van der Waals surface area (Å²) in [5, 5.41) is 0. The summed E-state index contributed by atoms with van der Waals surface area (Å²) in [6.45, 7) is 3.26. The summed E-state index contributed by atoms with van der Waals surface area (Å²) in [5.74, 6) is 0.172. The highest BCUT2D eigenvalue weighted by atomic mass is 19.1. The largest absolute Gasteiger partial charge is 0.402 e. The van der Waals surface area contributed by atoms with Crippen LogP contribution in [-0.2, 0) is 22.6 Å². The Morgan fingerprint density at radius 2 is 2.10 bits per heavy atom. The van der Waals surface area contributed by atoms with Crippen LogP contribution in [0.3, 0.4) is 0 Å². The summed E-state index contributed by atoms with van der Waals surface area (Å²) in [7, 11) is 1.60. The fraction of sp³-hybridized carbons (Fsp3) is 0.429. The third-order valence-electron chi connectivity index (χ3n) is 6.02. The molecule has 2 aromatic rings. The van der Waals surface area contributed by atoms with Crippen molar-refractivity contribution >= 4 is 23.7 Å². The number of imidazole rings is 1. The van der Waals surface area contributed by atoms with Gasteiger partial charge in [0.1, 0.15) is 17.7 Å². The summed E-state index contributed by atoms with van der Waals surface area (Å²) in [6, 6.07) is 4.92. The fourth-order valence-corrected chi connectivity index (χ4v) is 4.39. The van der Waals surface area contributed by atoms with Gasteiger partial charge in [-0.25, -0.2) is 18.3 Å². The van der Waals surface area contributed by atoms with Gasteiger partial charge < -0.3 is 4.74 Å². The number of benzene rings is 1. The molecule has 2 fully saturated rings. The maximum Gasteiger partial charge on any atom is 0.402 e. The zero-order valence-corrected chi connectivity index (χ0v) is 16.9. The van der Waals surface area contributed by atoms with E-state index in [1.165, 1.54) is 11.0 Å². The van der Waals surface area contributed by atoms with Gasteiger partial charge in [0, 0.05) is 19.2 Å². The standard InChI is InChI=1S/C21H23FN5O3/c1-13-10-26-17-18(23-20(26)25(13)12-15-7-5-9-30-15)24(2)21(29)27(19(17)28)11-14-6-3-4-8-16(14)22/h3-4,6,8,10,15,17H,5,7,9,11-12H2,1-2H3/q+1. The molecule has 8 nitrogen and oxygen atoms in total. The maximum atomic E-state index is 14.1. The monoisotopic (exact) mass is 412 g/mol. The first-order valence-corrected chi connectivity index (χ1v) is 10.1. The maximum absolute atomic E-state index is 14.1. The van der Waals surface area contributed by atoms with Crippen molar-refractivity contribution in [3.05, 3.63) is 47.5 Å². The first kappa shape index (κ1) is 18.9. The Morgan fingerprint density at radius 3 is 2.83 bits per heavy atom. The Labute approximate surface area is 173 Å². The number of carbonyl (C=O) groups excluding carboxylic acids is 2. The number of fused-ring (bicyclic) bond motifs is 3. The third kappa shape index (κ3) is 2.84. The van der Waals surface area contributed by atoms with Crippen molar-refractivity contribution in [1.82, 2.24) is 14.4 Å². The van der Waals surface area contributed by atoms with Crippen LogP contribution in [0.4, 0.5) is 15.1 Å². The van der Waals surface area contributed by atoms with Crippen LogP contribution in [0.5, 0.6) is 0 Å². The van der Waals surface area contributed by atoms with Crippen LogP contribution in [0.2, 0.25) is 0 Å². The molecule has 0 saturated carbocycles. The molecule has 2 saturated heterocycles. The van der Waals surface area contributed by atoms with Crippen LogP contribution in [0.25, 0.3) is 0 Å². The Hall–Kier alpha value is -3.07. The number of imide groups is 1. The van der Waals surface area contributed by atoms with Crippen molar-refractivity contribution < 1.29 is 23.3 Å². The Balaban J connectivity index is 1.49. The van der Waals surface area contributed by atoms with Crippen molar-refractivity contribution in [3.8, 4) is 0 Å². The zero-order chi connectivity index (χ0) is 21.0. The Morgan fingerprint density at radius 1 is 1.30 bits per heavy atom. The molecule has 2 atom stereocenters. The number of halogens is 1. The van der Waals surface area contributed by atoms with E-state index in [0.717, 1.165) is 30.0 Å². The van der Waals surface area contributed by atoms with Gasteiger partial charge in [0.2, 0.25) is 11.9 Å². The first-order chi connectivity index (χ1) is 14.5. The van der Waals surface area contributed by atoms with E-state index in [-0.39, 0.29) is 12.6 Å². The minimum Gasteiger partial charge on any atom is -0.375 e. The van der Waals surface area contributed by atoms with Crippen molar-refractivity contribution in [2.75, 3.05) is 13.7 Å². The summed E-state index contributed by atoms with van der Waals surface area (Å²) in [5.41, 5.74) is 1.26. The number of aliphatic imine (C=N–C) groups is 1. The number of nitrogens with zero attached hydrogens (tertiary/aromatic N) is 5. The lowest BCUT2D eigenvalue weighted by molar-refractivity contribution is -0.677. The van der Waals surface area contributed by atoms with Crippen LogP contribution >= 0.6 is 0 Å². The average molecular weight is 412 g/mol. The molecule has 30 heavy (non-hydrogen) atoms. The van der Waals surface area contributed by atoms with Gasteiger partial charge in [0.05, 0.1) is 19.2 Å². The number of urea groups is 1. The number of carbonyl (C=O) groups is 2. The number of aryl methyl sites for hydroxylation is 1. The second-order valence-electron chi connectivity index (χ2n) is 7.95. The van der Waals surface area contributed by atoms with Gasteiger partial charge >= 0.3 is 12.0 Å². The van der Waals surface area contributed by atoms with Crippen LogP contribution in [0.1, 0.15) is 30.1 Å². The summed E-state index contributed by atoms with van der Waals surface area (Å²) in [4.78, 5) is 33.3. The second kappa shape index (κ2) is 7.02. The molecule has 0 aliphatic carbocycles. The molecule has 0 N–H and O–H groups in total. The number of hydrogen-bond donors (Lipinski definition) is 0. The third-order valence-corrected chi connectivity index (χ3v) is 6.02. The molecule has 3 aliphatic heterocycles. The minimum atomic E-state index is -0.737. The molecule has 156 valence electrons. The molecular formula is C21H23FN5O3+. The van der Waals surface area contributed by atoms with E-state index >= 15 is 0 Å². The molecule has 0 radical (unpaired) electrons. The van der Waals surface area contributed by atoms with Crippen LogP contribution in [0, 0.1) is 12.7 Å². The lowest BCUT2D eigenvalue weighted by atomic mass is 10.1. The predicted octanol–water partition coefficient (Wildman–Crippen LogP) is 2.08. The molecule has 1 aromatic heterocycles. The first-order valence-electron chi connectivity index (χ1n) is 10.1. The van der Waals surface area contributed by atoms with E-state index in [1.54, 1.807) is 29.8 Å². The second-order valence-corrected chi connectivity index (χ2v) is 7.95. The van der Waals surface area contributed by atoms with Crippen molar-refractivity contribution in [3.63, 3.8) is 0 Å². The summed E-state index contributed by atoms with van der Waals surface area (Å²) >= 11 is 0. The predicted molar refractivity (Wildman–Crippen MR) is 105 cm³/mol. The number of amidine groups is 1. The Bertz CT molecular complexity index is 1070. The van der Waals surface area contributed by atoms with E-state index in [2.05, 4.69) is 4.99 Å². The molecule has 4 heterocycles. The van der Waals surface area contributed by atoms with Gasteiger partial charge in [-0.15, -0.1) is 0 Å². The number of amides is 3. The summed E-state index contributed by atoms with van der Waals surface area (Å²) in [6.07, 6.45) is 4.04. The number of ether oxygens (including phenoxy) is 1. The van der Waals surface area contributed by atoms with Crippen molar-refractivity contribution in [2.24, 2.45) is 4.99 Å². The van der Waals surface area contributed by atoms with E-state index in [0.29, 0.717) is 23.9 Å². The average Bonchev–Trinajstić information content (AvgIpc) is 3.43. The van der Waals surface area contributed by atoms with Gasteiger partial charge in [-0.2, -0.15) is 0 Å². The number of aromatic nitrogens is 2. The topological polar surface area (TPSA) is 71.0 Å². The van der Waals surface area contributed by atoms with Crippen molar-refractivity contribution in [1.29, 1.82) is 0 Å². The number of rotatable bonds is 4.